The summed E-state index contributed by atoms with van der Waals surface area (Å²) >= 11 is 0. The molecule has 1 aromatic carbocycles. The Morgan fingerprint density at radius 2 is 2.17 bits per heavy atom. The van der Waals surface area contributed by atoms with Crippen molar-refractivity contribution in [3.63, 3.8) is 0 Å². The zero-order chi connectivity index (χ0) is 21.0. The topological polar surface area (TPSA) is 110 Å². The van der Waals surface area contributed by atoms with Crippen molar-refractivity contribution in [1.82, 2.24) is 15.6 Å². The highest BCUT2D eigenvalue weighted by Gasteiger charge is 2.40. The molecule has 0 saturated carbocycles. The molecule has 2 unspecified atom stereocenters. The van der Waals surface area contributed by atoms with Gasteiger partial charge in [-0.1, -0.05) is 0 Å². The molecule has 2 heterocycles. The van der Waals surface area contributed by atoms with Crippen molar-refractivity contribution in [3.05, 3.63) is 35.8 Å². The Morgan fingerprint density at radius 1 is 1.38 bits per heavy atom. The largest absolute Gasteiger partial charge is 0.469 e. The fourth-order valence-corrected chi connectivity index (χ4v) is 3.59. The van der Waals surface area contributed by atoms with Crippen LogP contribution in [-0.2, 0) is 30.3 Å². The van der Waals surface area contributed by atoms with Crippen LogP contribution in [0.4, 0.5) is 4.39 Å². The number of halogens is 1. The van der Waals surface area contributed by atoms with Gasteiger partial charge in [0.05, 0.1) is 25.7 Å². The van der Waals surface area contributed by atoms with Crippen LogP contribution in [0.15, 0.2) is 24.4 Å². The summed E-state index contributed by atoms with van der Waals surface area (Å²) < 4.78 is 23.5. The lowest BCUT2D eigenvalue weighted by atomic mass is 9.93. The molecule has 0 bridgehead atoms. The third kappa shape index (κ3) is 4.92. The number of esters is 1. The maximum Gasteiger partial charge on any atom is 0.307 e. The quantitative estimate of drug-likeness (QED) is 0.600. The lowest BCUT2D eigenvalue weighted by Crippen LogP contribution is -2.57. The number of carbonyl (C=O) groups is 3. The van der Waals surface area contributed by atoms with Gasteiger partial charge in [-0.3, -0.25) is 14.4 Å². The zero-order valence-electron chi connectivity index (χ0n) is 16.3. The minimum absolute atomic E-state index is 0.0195. The fourth-order valence-electron chi connectivity index (χ4n) is 3.59. The molecule has 0 radical (unpaired) electrons. The predicted molar refractivity (Wildman–Crippen MR) is 103 cm³/mol. The highest BCUT2D eigenvalue weighted by atomic mass is 19.1. The first-order valence-electron chi connectivity index (χ1n) is 9.31. The number of carbonyl (C=O) groups excluding carboxylic acids is 3. The van der Waals surface area contributed by atoms with Crippen molar-refractivity contribution in [2.45, 2.75) is 37.8 Å². The average Bonchev–Trinajstić information content (AvgIpc) is 3.27. The number of aromatic amines is 1. The molecular formula is C20H24FN3O5. The van der Waals surface area contributed by atoms with E-state index in [1.165, 1.54) is 26.2 Å². The SMILES string of the molecule is COC(=O)CC1(NC(=O)C(Cc2c[nH]c3cc(F)ccc23)NC(C)=O)CCOC1. The van der Waals surface area contributed by atoms with Crippen molar-refractivity contribution in [3.8, 4) is 0 Å². The van der Waals surface area contributed by atoms with Gasteiger partial charge >= 0.3 is 5.97 Å². The van der Waals surface area contributed by atoms with Crippen LogP contribution >= 0.6 is 0 Å². The summed E-state index contributed by atoms with van der Waals surface area (Å²) in [5.41, 5.74) is 0.497. The van der Waals surface area contributed by atoms with E-state index in [1.54, 1.807) is 12.3 Å². The number of fused-ring (bicyclic) bond motifs is 1. The predicted octanol–water partition coefficient (Wildman–Crippen LogP) is 1.19. The minimum atomic E-state index is -0.871. The number of benzene rings is 1. The molecular weight excluding hydrogens is 381 g/mol. The van der Waals surface area contributed by atoms with E-state index in [2.05, 4.69) is 15.6 Å². The van der Waals surface area contributed by atoms with Crippen LogP contribution in [0.2, 0.25) is 0 Å². The molecule has 0 spiro atoms. The van der Waals surface area contributed by atoms with Crippen LogP contribution in [-0.4, -0.2) is 54.7 Å². The zero-order valence-corrected chi connectivity index (χ0v) is 16.3. The molecule has 1 aliphatic heterocycles. The summed E-state index contributed by atoms with van der Waals surface area (Å²) in [6, 6.07) is 3.47. The number of hydrogen-bond acceptors (Lipinski definition) is 5. The smallest absolute Gasteiger partial charge is 0.307 e. The fraction of sp³-hybridized carbons (Fsp3) is 0.450. The molecule has 1 aromatic heterocycles. The van der Waals surface area contributed by atoms with Gasteiger partial charge in [-0.2, -0.15) is 0 Å². The molecule has 1 fully saturated rings. The minimum Gasteiger partial charge on any atom is -0.469 e. The number of H-pyrrole nitrogens is 1. The third-order valence-corrected chi connectivity index (χ3v) is 5.05. The van der Waals surface area contributed by atoms with Gasteiger partial charge in [0.2, 0.25) is 11.8 Å². The number of aromatic nitrogens is 1. The molecule has 1 aliphatic rings. The second-order valence-electron chi connectivity index (χ2n) is 7.29. The van der Waals surface area contributed by atoms with E-state index in [9.17, 15) is 18.8 Å². The monoisotopic (exact) mass is 405 g/mol. The Labute approximate surface area is 167 Å². The van der Waals surface area contributed by atoms with Crippen LogP contribution in [0.3, 0.4) is 0 Å². The van der Waals surface area contributed by atoms with Gasteiger partial charge in [0.1, 0.15) is 11.9 Å². The number of hydrogen-bond donors (Lipinski definition) is 3. The van der Waals surface area contributed by atoms with Gasteiger partial charge in [0, 0.05) is 37.1 Å². The normalized spacial score (nSPS) is 19.7. The summed E-state index contributed by atoms with van der Waals surface area (Å²) in [4.78, 5) is 39.5. The Hall–Kier alpha value is -2.94. The van der Waals surface area contributed by atoms with Gasteiger partial charge in [-0.15, -0.1) is 0 Å². The summed E-state index contributed by atoms with van der Waals surface area (Å²) in [5.74, 6) is -1.61. The number of nitrogens with one attached hydrogen (secondary N) is 3. The molecule has 29 heavy (non-hydrogen) atoms. The van der Waals surface area contributed by atoms with Crippen molar-refractivity contribution in [2.24, 2.45) is 0 Å². The van der Waals surface area contributed by atoms with Crippen LogP contribution < -0.4 is 10.6 Å². The van der Waals surface area contributed by atoms with Crippen LogP contribution in [0, 0.1) is 5.82 Å². The van der Waals surface area contributed by atoms with Crippen molar-refractivity contribution >= 4 is 28.7 Å². The van der Waals surface area contributed by atoms with Crippen molar-refractivity contribution < 1.29 is 28.2 Å². The van der Waals surface area contributed by atoms with E-state index < -0.39 is 23.5 Å². The first-order chi connectivity index (χ1) is 13.8. The number of methoxy groups -OCH3 is 1. The van der Waals surface area contributed by atoms with Crippen molar-refractivity contribution in [2.75, 3.05) is 20.3 Å². The van der Waals surface area contributed by atoms with E-state index in [4.69, 9.17) is 9.47 Å². The lowest BCUT2D eigenvalue weighted by Gasteiger charge is -2.30. The molecule has 156 valence electrons. The molecule has 2 atom stereocenters. The van der Waals surface area contributed by atoms with E-state index in [-0.39, 0.29) is 31.2 Å². The number of ether oxygens (including phenoxy) is 2. The summed E-state index contributed by atoms with van der Waals surface area (Å²) in [6.45, 7) is 1.93. The van der Waals surface area contributed by atoms with Gasteiger partial charge in [-0.25, -0.2) is 4.39 Å². The van der Waals surface area contributed by atoms with E-state index in [1.807, 2.05) is 0 Å². The molecule has 2 aromatic rings. The van der Waals surface area contributed by atoms with Crippen molar-refractivity contribution in [1.29, 1.82) is 0 Å². The van der Waals surface area contributed by atoms with Gasteiger partial charge in [0.15, 0.2) is 0 Å². The Balaban J connectivity index is 1.80. The second kappa shape index (κ2) is 8.60. The van der Waals surface area contributed by atoms with E-state index >= 15 is 0 Å². The Kier molecular flexibility index (Phi) is 6.17. The summed E-state index contributed by atoms with van der Waals surface area (Å²) in [5, 5.41) is 6.31. The molecule has 1 saturated heterocycles. The molecule has 0 aliphatic carbocycles. The third-order valence-electron chi connectivity index (χ3n) is 5.05. The second-order valence-corrected chi connectivity index (χ2v) is 7.29. The molecule has 9 heteroatoms. The Bertz CT molecular complexity index is 920. The lowest BCUT2D eigenvalue weighted by molar-refractivity contribution is -0.143. The molecule has 2 amide bonds. The molecule has 8 nitrogen and oxygen atoms in total. The van der Waals surface area contributed by atoms with E-state index in [0.717, 1.165) is 10.9 Å². The van der Waals surface area contributed by atoms with Crippen LogP contribution in [0.25, 0.3) is 10.9 Å². The highest BCUT2D eigenvalue weighted by Crippen LogP contribution is 2.24. The highest BCUT2D eigenvalue weighted by molar-refractivity contribution is 5.90. The maximum absolute atomic E-state index is 13.4. The maximum atomic E-state index is 13.4. The van der Waals surface area contributed by atoms with E-state index in [0.29, 0.717) is 18.5 Å². The molecule has 3 rings (SSSR count). The standard InChI is InChI=1S/C20H24FN3O5/c1-12(25)23-17(7-13-10-22-16-8-14(21)3-4-15(13)16)19(27)24-20(5-6-29-11-20)9-18(26)28-2/h3-4,8,10,17,22H,5-7,9,11H2,1-2H3,(H,23,25)(H,24,27). The van der Waals surface area contributed by atoms with Gasteiger partial charge in [-0.05, 0) is 30.2 Å². The number of amides is 2. The van der Waals surface area contributed by atoms with Gasteiger partial charge < -0.3 is 25.1 Å². The first-order valence-corrected chi connectivity index (χ1v) is 9.31. The first kappa shape index (κ1) is 20.8. The van der Waals surface area contributed by atoms with Crippen LogP contribution in [0.1, 0.15) is 25.3 Å². The van der Waals surface area contributed by atoms with Gasteiger partial charge in [0.25, 0.3) is 0 Å². The summed E-state index contributed by atoms with van der Waals surface area (Å²) in [7, 11) is 1.29. The number of rotatable bonds is 7. The van der Waals surface area contributed by atoms with Crippen LogP contribution in [0.5, 0.6) is 0 Å². The molecule has 3 N–H and O–H groups in total. The Morgan fingerprint density at radius 3 is 2.83 bits per heavy atom. The summed E-state index contributed by atoms with van der Waals surface area (Å²) in [6.07, 6.45) is 2.34. The average molecular weight is 405 g/mol.